The lowest BCUT2D eigenvalue weighted by Crippen LogP contribution is -2.26. The summed E-state index contributed by atoms with van der Waals surface area (Å²) < 4.78 is 27.5. The van der Waals surface area contributed by atoms with Crippen molar-refractivity contribution in [2.75, 3.05) is 20.5 Å². The van der Waals surface area contributed by atoms with Crippen LogP contribution < -0.4 is 18.9 Å². The van der Waals surface area contributed by atoms with Gasteiger partial charge in [-0.25, -0.2) is 0 Å². The van der Waals surface area contributed by atoms with Crippen molar-refractivity contribution < 1.29 is 28.2 Å². The molecule has 0 spiro atoms. The summed E-state index contributed by atoms with van der Waals surface area (Å²) in [6.07, 6.45) is 1.60. The normalized spacial score (nSPS) is 18.1. The Morgan fingerprint density at radius 1 is 1.04 bits per heavy atom. The molecule has 0 bridgehead atoms. The van der Waals surface area contributed by atoms with Crippen LogP contribution in [-0.4, -0.2) is 26.3 Å². The molecule has 1 atom stereocenters. The van der Waals surface area contributed by atoms with Crippen LogP contribution >= 0.6 is 0 Å². The summed E-state index contributed by atoms with van der Waals surface area (Å²) in [5.41, 5.74) is 1.98. The fraction of sp³-hybridized carbons (Fsp3) is 0.211. The minimum atomic E-state index is -0.471. The fourth-order valence-corrected chi connectivity index (χ4v) is 3.36. The van der Waals surface area contributed by atoms with Crippen LogP contribution in [-0.2, 0) is 0 Å². The molecule has 6 nitrogen and oxygen atoms in total. The predicted octanol–water partition coefficient (Wildman–Crippen LogP) is 3.53. The van der Waals surface area contributed by atoms with E-state index in [-0.39, 0.29) is 19.2 Å². The minimum absolute atomic E-state index is 0.0125. The summed E-state index contributed by atoms with van der Waals surface area (Å²) in [6.45, 7) is 0.395. The molecule has 0 aliphatic carbocycles. The van der Waals surface area contributed by atoms with Crippen LogP contribution in [0.3, 0.4) is 0 Å². The van der Waals surface area contributed by atoms with E-state index >= 15 is 0 Å². The molecule has 5 rings (SSSR count). The second-order valence-corrected chi connectivity index (χ2v) is 5.98. The molecule has 2 aromatic carbocycles. The first-order chi connectivity index (χ1) is 12.2. The molecule has 0 amide bonds. The van der Waals surface area contributed by atoms with Crippen LogP contribution in [0.2, 0.25) is 0 Å². The van der Waals surface area contributed by atoms with Crippen molar-refractivity contribution in [3.63, 3.8) is 0 Å². The predicted molar refractivity (Wildman–Crippen MR) is 87.9 cm³/mol. The summed E-state index contributed by atoms with van der Waals surface area (Å²) in [7, 11) is 1.57. The third-order valence-electron chi connectivity index (χ3n) is 4.64. The molecule has 0 N–H and O–H groups in total. The zero-order valence-corrected chi connectivity index (χ0v) is 13.4. The Hall–Kier alpha value is -3.15. The van der Waals surface area contributed by atoms with Gasteiger partial charge < -0.3 is 23.4 Å². The van der Waals surface area contributed by atoms with Crippen LogP contribution in [0.1, 0.15) is 21.8 Å². The first-order valence-electron chi connectivity index (χ1n) is 7.90. The summed E-state index contributed by atoms with van der Waals surface area (Å²) >= 11 is 0. The van der Waals surface area contributed by atoms with Gasteiger partial charge in [0.15, 0.2) is 17.3 Å². The van der Waals surface area contributed by atoms with Crippen molar-refractivity contribution >= 4 is 16.8 Å². The summed E-state index contributed by atoms with van der Waals surface area (Å²) in [4.78, 5) is 13.1. The largest absolute Gasteiger partial charge is 0.496 e. The summed E-state index contributed by atoms with van der Waals surface area (Å²) in [5.74, 6) is 1.87. The molecule has 6 heteroatoms. The number of hydrogen-bond donors (Lipinski definition) is 0. The van der Waals surface area contributed by atoms with Gasteiger partial charge in [-0.1, -0.05) is 0 Å². The average Bonchev–Trinajstić information content (AvgIpc) is 3.27. The van der Waals surface area contributed by atoms with Crippen molar-refractivity contribution in [2.45, 2.75) is 5.92 Å². The molecule has 3 heterocycles. The van der Waals surface area contributed by atoms with Crippen LogP contribution in [0.15, 0.2) is 41.0 Å². The van der Waals surface area contributed by atoms with Gasteiger partial charge in [-0.05, 0) is 18.2 Å². The van der Waals surface area contributed by atoms with Crippen molar-refractivity contribution in [2.24, 2.45) is 0 Å². The van der Waals surface area contributed by atoms with Gasteiger partial charge >= 0.3 is 0 Å². The van der Waals surface area contributed by atoms with Gasteiger partial charge in [0.2, 0.25) is 6.79 Å². The topological polar surface area (TPSA) is 67.1 Å². The van der Waals surface area contributed by atoms with E-state index in [1.54, 1.807) is 31.6 Å². The maximum atomic E-state index is 13.1. The van der Waals surface area contributed by atoms with Gasteiger partial charge in [-0.3, -0.25) is 4.79 Å². The highest BCUT2D eigenvalue weighted by atomic mass is 16.7. The fourth-order valence-electron chi connectivity index (χ4n) is 3.36. The summed E-state index contributed by atoms with van der Waals surface area (Å²) in [5, 5.41) is 0.869. The Bertz CT molecular complexity index is 1000. The molecule has 0 saturated carbocycles. The molecule has 25 heavy (non-hydrogen) atoms. The number of Topliss-reactive ketones (excluding diaryl/α,β-unsaturated/α-hetero) is 1. The lowest BCUT2D eigenvalue weighted by atomic mass is 9.87. The second kappa shape index (κ2) is 5.17. The molecule has 0 radical (unpaired) electrons. The Morgan fingerprint density at radius 3 is 2.72 bits per heavy atom. The maximum Gasteiger partial charge on any atom is 0.231 e. The number of hydrogen-bond acceptors (Lipinski definition) is 6. The number of methoxy groups -OCH3 is 1. The first-order valence-corrected chi connectivity index (χ1v) is 7.90. The molecule has 126 valence electrons. The number of carbonyl (C=O) groups is 1. The van der Waals surface area contributed by atoms with E-state index in [0.717, 1.165) is 10.9 Å². The number of fused-ring (bicyclic) bond motifs is 3. The van der Waals surface area contributed by atoms with E-state index in [0.29, 0.717) is 34.1 Å². The third kappa shape index (κ3) is 2.07. The Kier molecular flexibility index (Phi) is 2.94. The Labute approximate surface area is 142 Å². The first kappa shape index (κ1) is 14.2. The van der Waals surface area contributed by atoms with E-state index < -0.39 is 5.92 Å². The smallest absolute Gasteiger partial charge is 0.231 e. The molecule has 0 unspecified atom stereocenters. The van der Waals surface area contributed by atoms with Gasteiger partial charge in [0, 0.05) is 23.1 Å². The third-order valence-corrected chi connectivity index (χ3v) is 4.64. The van der Waals surface area contributed by atoms with Crippen molar-refractivity contribution in [1.82, 2.24) is 0 Å². The highest BCUT2D eigenvalue weighted by molar-refractivity contribution is 6.07. The molecular formula is C19H14O6. The van der Waals surface area contributed by atoms with E-state index in [2.05, 4.69) is 0 Å². The SMILES string of the molecule is COc1cc2c(cc1[C@@H]1COc3cc4occc4cc3C1=O)OCO2. The van der Waals surface area contributed by atoms with E-state index in [9.17, 15) is 4.79 Å². The standard InChI is InChI=1S/C19H14O6/c1-21-15-7-18-17(24-9-25-18)5-11(15)13-8-23-16-6-14-10(2-3-22-14)4-12(16)19(13)20/h2-7,13H,8-9H2,1H3/t13-/m0/s1. The van der Waals surface area contributed by atoms with Crippen LogP contribution in [0, 0.1) is 0 Å². The highest BCUT2D eigenvalue weighted by Gasteiger charge is 2.34. The summed E-state index contributed by atoms with van der Waals surface area (Å²) in [6, 6.07) is 8.94. The molecular weight excluding hydrogens is 324 g/mol. The number of benzene rings is 2. The molecule has 3 aromatic rings. The van der Waals surface area contributed by atoms with Crippen LogP contribution in [0.25, 0.3) is 11.0 Å². The minimum Gasteiger partial charge on any atom is -0.496 e. The number of ketones is 1. The Morgan fingerprint density at radius 2 is 1.88 bits per heavy atom. The van der Waals surface area contributed by atoms with Gasteiger partial charge in [0.1, 0.15) is 23.7 Å². The Balaban J connectivity index is 1.61. The van der Waals surface area contributed by atoms with Crippen LogP contribution in [0.4, 0.5) is 0 Å². The quantitative estimate of drug-likeness (QED) is 0.712. The number of rotatable bonds is 2. The van der Waals surface area contributed by atoms with Gasteiger partial charge in [0.05, 0.1) is 24.9 Å². The second-order valence-electron chi connectivity index (χ2n) is 5.98. The van der Waals surface area contributed by atoms with Crippen LogP contribution in [0.5, 0.6) is 23.0 Å². The molecule has 2 aliphatic heterocycles. The zero-order valence-electron chi connectivity index (χ0n) is 13.4. The van der Waals surface area contributed by atoms with Gasteiger partial charge in [0.25, 0.3) is 0 Å². The molecule has 0 fully saturated rings. The maximum absolute atomic E-state index is 13.1. The van der Waals surface area contributed by atoms with Crippen molar-refractivity contribution in [3.05, 3.63) is 47.7 Å². The lowest BCUT2D eigenvalue weighted by molar-refractivity contribution is 0.0894. The van der Waals surface area contributed by atoms with E-state index in [1.807, 2.05) is 12.1 Å². The molecule has 0 saturated heterocycles. The van der Waals surface area contributed by atoms with E-state index in [1.165, 1.54) is 0 Å². The number of carbonyl (C=O) groups excluding carboxylic acids is 1. The van der Waals surface area contributed by atoms with Crippen molar-refractivity contribution in [3.8, 4) is 23.0 Å². The molecule has 2 aliphatic rings. The number of ether oxygens (including phenoxy) is 4. The average molecular weight is 338 g/mol. The van der Waals surface area contributed by atoms with Crippen molar-refractivity contribution in [1.29, 1.82) is 0 Å². The van der Waals surface area contributed by atoms with Gasteiger partial charge in [-0.15, -0.1) is 0 Å². The lowest BCUT2D eigenvalue weighted by Gasteiger charge is -2.25. The van der Waals surface area contributed by atoms with E-state index in [4.69, 9.17) is 23.4 Å². The highest BCUT2D eigenvalue weighted by Crippen LogP contribution is 2.44. The molecule has 1 aromatic heterocycles. The number of furan rings is 1. The monoisotopic (exact) mass is 338 g/mol. The van der Waals surface area contributed by atoms with Gasteiger partial charge in [-0.2, -0.15) is 0 Å². The zero-order chi connectivity index (χ0) is 17.0.